The molecule has 0 bridgehead atoms. The van der Waals surface area contributed by atoms with Gasteiger partial charge in [-0.2, -0.15) is 0 Å². The van der Waals surface area contributed by atoms with Gasteiger partial charge in [0.05, 0.1) is 12.3 Å². The Morgan fingerprint density at radius 2 is 2.39 bits per heavy atom. The predicted molar refractivity (Wildman–Crippen MR) is 74.6 cm³/mol. The van der Waals surface area contributed by atoms with Crippen LogP contribution in [0.4, 0.5) is 0 Å². The van der Waals surface area contributed by atoms with Gasteiger partial charge in [-0.15, -0.1) is 0 Å². The van der Waals surface area contributed by atoms with Crippen LogP contribution in [0.2, 0.25) is 0 Å². The first kappa shape index (κ1) is 13.6. The standard InChI is InChI=1S/C15H26N2O/c1-3-10-17(13-7-5-9-16-12-13)14(4-2)15-8-6-11-18-15/h6,8,11,13-14,16H,3-5,7,9-10,12H2,1-2H3. The zero-order chi connectivity index (χ0) is 12.8. The maximum atomic E-state index is 5.64. The van der Waals surface area contributed by atoms with E-state index in [1.165, 1.54) is 25.8 Å². The lowest BCUT2D eigenvalue weighted by Gasteiger charge is -2.39. The normalized spacial score (nSPS) is 22.3. The van der Waals surface area contributed by atoms with Gasteiger partial charge < -0.3 is 9.73 Å². The number of hydrogen-bond donors (Lipinski definition) is 1. The number of hydrogen-bond acceptors (Lipinski definition) is 3. The van der Waals surface area contributed by atoms with Crippen LogP contribution >= 0.6 is 0 Å². The fraction of sp³-hybridized carbons (Fsp3) is 0.733. The highest BCUT2D eigenvalue weighted by Gasteiger charge is 2.28. The van der Waals surface area contributed by atoms with Gasteiger partial charge in [-0.3, -0.25) is 4.90 Å². The molecule has 0 aliphatic carbocycles. The number of nitrogens with one attached hydrogen (secondary N) is 1. The van der Waals surface area contributed by atoms with E-state index in [1.54, 1.807) is 6.26 Å². The molecule has 1 fully saturated rings. The van der Waals surface area contributed by atoms with Crippen molar-refractivity contribution >= 4 is 0 Å². The second-order valence-electron chi connectivity index (χ2n) is 5.18. The third-order valence-electron chi connectivity index (χ3n) is 3.88. The van der Waals surface area contributed by atoms with Crippen molar-refractivity contribution in [2.45, 2.75) is 51.6 Å². The number of rotatable bonds is 6. The predicted octanol–water partition coefficient (Wildman–Crippen LogP) is 3.19. The molecule has 0 amide bonds. The van der Waals surface area contributed by atoms with Gasteiger partial charge in [0, 0.05) is 12.6 Å². The summed E-state index contributed by atoms with van der Waals surface area (Å²) in [6, 6.07) is 5.22. The minimum absolute atomic E-state index is 0.435. The first-order valence-electron chi connectivity index (χ1n) is 7.36. The van der Waals surface area contributed by atoms with E-state index < -0.39 is 0 Å². The molecule has 2 heterocycles. The van der Waals surface area contributed by atoms with Gasteiger partial charge in [-0.25, -0.2) is 0 Å². The summed E-state index contributed by atoms with van der Waals surface area (Å²) in [6.07, 6.45) is 6.71. The van der Waals surface area contributed by atoms with Crippen LogP contribution in [0.1, 0.15) is 51.3 Å². The minimum Gasteiger partial charge on any atom is -0.468 e. The molecule has 0 radical (unpaired) electrons. The number of piperidine rings is 1. The second kappa shape index (κ2) is 6.95. The smallest absolute Gasteiger partial charge is 0.120 e. The van der Waals surface area contributed by atoms with Crippen molar-refractivity contribution in [3.63, 3.8) is 0 Å². The molecule has 0 aromatic carbocycles. The van der Waals surface area contributed by atoms with Crippen LogP contribution in [0.15, 0.2) is 22.8 Å². The molecule has 1 aromatic rings. The van der Waals surface area contributed by atoms with Crippen LogP contribution in [0.3, 0.4) is 0 Å². The monoisotopic (exact) mass is 250 g/mol. The van der Waals surface area contributed by atoms with Crippen LogP contribution in [-0.4, -0.2) is 30.6 Å². The SMILES string of the molecule is CCCN(C1CCCNC1)C(CC)c1ccco1. The molecule has 1 aliphatic rings. The first-order chi connectivity index (χ1) is 8.86. The topological polar surface area (TPSA) is 28.4 Å². The van der Waals surface area contributed by atoms with Gasteiger partial charge in [0.25, 0.3) is 0 Å². The summed E-state index contributed by atoms with van der Waals surface area (Å²) >= 11 is 0. The van der Waals surface area contributed by atoms with Crippen LogP contribution in [0.25, 0.3) is 0 Å². The quantitative estimate of drug-likeness (QED) is 0.840. The highest BCUT2D eigenvalue weighted by Crippen LogP contribution is 2.28. The Kier molecular flexibility index (Phi) is 5.26. The molecule has 3 nitrogen and oxygen atoms in total. The molecule has 1 saturated heterocycles. The van der Waals surface area contributed by atoms with Crippen molar-refractivity contribution in [2.75, 3.05) is 19.6 Å². The van der Waals surface area contributed by atoms with Crippen molar-refractivity contribution in [3.05, 3.63) is 24.2 Å². The van der Waals surface area contributed by atoms with Crippen molar-refractivity contribution in [1.29, 1.82) is 0 Å². The maximum Gasteiger partial charge on any atom is 0.120 e. The summed E-state index contributed by atoms with van der Waals surface area (Å²) < 4.78 is 5.64. The van der Waals surface area contributed by atoms with Crippen molar-refractivity contribution in [1.82, 2.24) is 10.2 Å². The van der Waals surface area contributed by atoms with Crippen LogP contribution < -0.4 is 5.32 Å². The van der Waals surface area contributed by atoms with E-state index in [4.69, 9.17) is 4.42 Å². The van der Waals surface area contributed by atoms with E-state index in [0.29, 0.717) is 12.1 Å². The Bertz CT molecular complexity index is 317. The van der Waals surface area contributed by atoms with Crippen LogP contribution in [0, 0.1) is 0 Å². The molecule has 1 aliphatic heterocycles. The van der Waals surface area contributed by atoms with Gasteiger partial charge in [0.15, 0.2) is 0 Å². The molecule has 0 spiro atoms. The third kappa shape index (κ3) is 3.15. The van der Waals surface area contributed by atoms with E-state index in [1.807, 2.05) is 6.07 Å². The Morgan fingerprint density at radius 1 is 1.50 bits per heavy atom. The van der Waals surface area contributed by atoms with Gasteiger partial charge in [-0.1, -0.05) is 13.8 Å². The lowest BCUT2D eigenvalue weighted by atomic mass is 10.0. The lowest BCUT2D eigenvalue weighted by molar-refractivity contribution is 0.0952. The fourth-order valence-corrected chi connectivity index (χ4v) is 3.05. The van der Waals surface area contributed by atoms with Gasteiger partial charge >= 0.3 is 0 Å². The molecule has 18 heavy (non-hydrogen) atoms. The summed E-state index contributed by atoms with van der Waals surface area (Å²) in [7, 11) is 0. The molecule has 0 saturated carbocycles. The number of nitrogens with zero attached hydrogens (tertiary/aromatic N) is 1. The zero-order valence-electron chi connectivity index (χ0n) is 11.7. The van der Waals surface area contributed by atoms with E-state index in [0.717, 1.165) is 25.3 Å². The Balaban J connectivity index is 2.11. The molecular weight excluding hydrogens is 224 g/mol. The Hall–Kier alpha value is -0.800. The van der Waals surface area contributed by atoms with Gasteiger partial charge in [0.2, 0.25) is 0 Å². The summed E-state index contributed by atoms with van der Waals surface area (Å²) in [5.41, 5.74) is 0. The highest BCUT2D eigenvalue weighted by molar-refractivity contribution is 5.05. The Labute approximate surface area is 111 Å². The van der Waals surface area contributed by atoms with Crippen molar-refractivity contribution in [3.8, 4) is 0 Å². The summed E-state index contributed by atoms with van der Waals surface area (Å²) in [5.74, 6) is 1.12. The molecular formula is C15H26N2O. The fourth-order valence-electron chi connectivity index (χ4n) is 3.05. The molecule has 3 heteroatoms. The van der Waals surface area contributed by atoms with E-state index in [9.17, 15) is 0 Å². The summed E-state index contributed by atoms with van der Waals surface area (Å²) in [6.45, 7) is 7.97. The molecule has 2 unspecified atom stereocenters. The van der Waals surface area contributed by atoms with E-state index in [2.05, 4.69) is 30.1 Å². The van der Waals surface area contributed by atoms with Gasteiger partial charge in [0.1, 0.15) is 5.76 Å². The maximum absolute atomic E-state index is 5.64. The Morgan fingerprint density at radius 3 is 2.94 bits per heavy atom. The van der Waals surface area contributed by atoms with Crippen LogP contribution in [-0.2, 0) is 0 Å². The highest BCUT2D eigenvalue weighted by atomic mass is 16.3. The average Bonchev–Trinajstić information content (AvgIpc) is 2.94. The first-order valence-corrected chi connectivity index (χ1v) is 7.36. The largest absolute Gasteiger partial charge is 0.468 e. The second-order valence-corrected chi connectivity index (χ2v) is 5.18. The summed E-state index contributed by atoms with van der Waals surface area (Å²) in [4.78, 5) is 2.64. The third-order valence-corrected chi connectivity index (χ3v) is 3.88. The molecule has 1 N–H and O–H groups in total. The molecule has 2 rings (SSSR count). The van der Waals surface area contributed by atoms with Gasteiger partial charge in [-0.05, 0) is 50.9 Å². The summed E-state index contributed by atoms with van der Waals surface area (Å²) in [5, 5.41) is 3.53. The van der Waals surface area contributed by atoms with Crippen molar-refractivity contribution in [2.24, 2.45) is 0 Å². The minimum atomic E-state index is 0.435. The molecule has 1 aromatic heterocycles. The number of furan rings is 1. The average molecular weight is 250 g/mol. The van der Waals surface area contributed by atoms with Crippen LogP contribution in [0.5, 0.6) is 0 Å². The zero-order valence-corrected chi connectivity index (χ0v) is 11.7. The van der Waals surface area contributed by atoms with Crippen molar-refractivity contribution < 1.29 is 4.42 Å². The molecule has 2 atom stereocenters. The van der Waals surface area contributed by atoms with E-state index >= 15 is 0 Å². The molecule has 102 valence electrons. The lowest BCUT2D eigenvalue weighted by Crippen LogP contribution is -2.47. The van der Waals surface area contributed by atoms with E-state index in [-0.39, 0.29) is 0 Å².